The average molecular weight is 441 g/mol. The van der Waals surface area contributed by atoms with Crippen LogP contribution in [0.5, 0.6) is 0 Å². The van der Waals surface area contributed by atoms with Crippen LogP contribution in [0.3, 0.4) is 0 Å². The predicted octanol–water partition coefficient (Wildman–Crippen LogP) is 5.87. The van der Waals surface area contributed by atoms with Crippen LogP contribution < -0.4 is 0 Å². The Hall–Kier alpha value is -2.46. The van der Waals surface area contributed by atoms with Gasteiger partial charge in [-0.2, -0.15) is 0 Å². The molecule has 3 aromatic rings. The molecule has 5 rings (SSSR count). The fraction of sp³-hybridized carbons (Fsp3) is 0.400. The van der Waals surface area contributed by atoms with Crippen LogP contribution in [0.25, 0.3) is 0 Å². The van der Waals surface area contributed by atoms with Crippen molar-refractivity contribution in [1.82, 2.24) is 9.80 Å². The van der Waals surface area contributed by atoms with Gasteiger partial charge in [-0.15, -0.1) is 0 Å². The highest BCUT2D eigenvalue weighted by atomic mass is 16.3. The van der Waals surface area contributed by atoms with Crippen molar-refractivity contribution in [1.29, 1.82) is 0 Å². The molecular weight excluding hydrogens is 404 g/mol. The lowest BCUT2D eigenvalue weighted by Gasteiger charge is -2.57. The molecule has 33 heavy (non-hydrogen) atoms. The third kappa shape index (κ3) is 4.91. The maximum atomic E-state index is 11.3. The van der Waals surface area contributed by atoms with Crippen molar-refractivity contribution in [3.05, 3.63) is 108 Å². The van der Waals surface area contributed by atoms with Crippen LogP contribution in [-0.2, 0) is 13.1 Å². The van der Waals surface area contributed by atoms with Gasteiger partial charge in [-0.05, 0) is 34.9 Å². The maximum Gasteiger partial charge on any atom is 0.0894 e. The predicted molar refractivity (Wildman–Crippen MR) is 134 cm³/mol. The van der Waals surface area contributed by atoms with Crippen LogP contribution in [-0.4, -0.2) is 33.6 Å². The Morgan fingerprint density at radius 3 is 1.91 bits per heavy atom. The molecule has 1 saturated heterocycles. The van der Waals surface area contributed by atoms with Gasteiger partial charge in [-0.3, -0.25) is 9.80 Å². The Kier molecular flexibility index (Phi) is 6.38. The van der Waals surface area contributed by atoms with Gasteiger partial charge in [0.2, 0.25) is 0 Å². The molecule has 172 valence electrons. The van der Waals surface area contributed by atoms with Gasteiger partial charge >= 0.3 is 0 Å². The van der Waals surface area contributed by atoms with E-state index in [1.54, 1.807) is 0 Å². The van der Waals surface area contributed by atoms with E-state index in [9.17, 15) is 5.11 Å². The van der Waals surface area contributed by atoms with E-state index in [0.29, 0.717) is 6.04 Å². The lowest BCUT2D eigenvalue weighted by molar-refractivity contribution is -0.145. The highest BCUT2D eigenvalue weighted by Gasteiger charge is 2.50. The van der Waals surface area contributed by atoms with Gasteiger partial charge in [0.15, 0.2) is 0 Å². The molecule has 0 spiro atoms. The van der Waals surface area contributed by atoms with Crippen molar-refractivity contribution in [2.75, 3.05) is 6.54 Å². The minimum Gasteiger partial charge on any atom is -0.393 e. The van der Waals surface area contributed by atoms with Gasteiger partial charge in [-0.25, -0.2) is 0 Å². The molecule has 1 aliphatic carbocycles. The number of benzene rings is 3. The number of fused-ring (bicyclic) bond motifs is 1. The first-order valence-corrected chi connectivity index (χ1v) is 12.3. The number of rotatable bonds is 5. The summed E-state index contributed by atoms with van der Waals surface area (Å²) in [7, 11) is 0. The Balaban J connectivity index is 1.58. The fourth-order valence-corrected chi connectivity index (χ4v) is 6.14. The summed E-state index contributed by atoms with van der Waals surface area (Å²) < 4.78 is 0. The summed E-state index contributed by atoms with van der Waals surface area (Å²) in [5.41, 5.74) is 4.12. The molecule has 1 N–H and O–H groups in total. The molecule has 0 radical (unpaired) electrons. The van der Waals surface area contributed by atoms with Crippen LogP contribution >= 0.6 is 0 Å². The van der Waals surface area contributed by atoms with E-state index in [0.717, 1.165) is 32.5 Å². The number of aliphatic hydroxyl groups excluding tert-OH is 1. The topological polar surface area (TPSA) is 26.7 Å². The van der Waals surface area contributed by atoms with Crippen molar-refractivity contribution in [2.45, 2.75) is 58.1 Å². The minimum atomic E-state index is -0.271. The molecule has 1 heterocycles. The van der Waals surface area contributed by atoms with Gasteiger partial charge in [0, 0.05) is 31.6 Å². The van der Waals surface area contributed by atoms with Gasteiger partial charge < -0.3 is 5.11 Å². The van der Waals surface area contributed by atoms with E-state index < -0.39 is 0 Å². The summed E-state index contributed by atoms with van der Waals surface area (Å²) in [6.45, 7) is 7.32. The van der Waals surface area contributed by atoms with Crippen LogP contribution in [0.15, 0.2) is 91.0 Å². The van der Waals surface area contributed by atoms with Crippen LogP contribution in [0.1, 0.15) is 49.5 Å². The Morgan fingerprint density at radius 1 is 0.758 bits per heavy atom. The van der Waals surface area contributed by atoms with E-state index in [-0.39, 0.29) is 23.6 Å². The molecule has 1 saturated carbocycles. The number of nitrogens with zero attached hydrogens (tertiary/aromatic N) is 2. The standard InChI is InChI=1S/C30H36N2O/c1-30(2)18-27-26(28(33)19-30)22-31(20-23-12-6-3-7-13-23)29(25-16-10-5-11-17-25)32(27)21-24-14-8-4-9-15-24/h3-17,26-29,33H,18-22H2,1-2H3. The lowest BCUT2D eigenvalue weighted by atomic mass is 9.67. The smallest absolute Gasteiger partial charge is 0.0894 e. The summed E-state index contributed by atoms with van der Waals surface area (Å²) in [6, 6.07) is 32.9. The number of aliphatic hydroxyl groups is 1. The van der Waals surface area contributed by atoms with Crippen molar-refractivity contribution in [3.63, 3.8) is 0 Å². The van der Waals surface area contributed by atoms with E-state index in [1.165, 1.54) is 16.7 Å². The first kappa shape index (κ1) is 22.3. The van der Waals surface area contributed by atoms with Gasteiger partial charge in [0.1, 0.15) is 0 Å². The zero-order valence-corrected chi connectivity index (χ0v) is 19.8. The average Bonchev–Trinajstić information content (AvgIpc) is 2.81. The highest BCUT2D eigenvalue weighted by molar-refractivity contribution is 5.24. The van der Waals surface area contributed by atoms with Crippen LogP contribution in [0, 0.1) is 11.3 Å². The molecule has 3 heteroatoms. The Morgan fingerprint density at radius 2 is 1.30 bits per heavy atom. The summed E-state index contributed by atoms with van der Waals surface area (Å²) in [4.78, 5) is 5.28. The second-order valence-corrected chi connectivity index (χ2v) is 10.7. The molecular formula is C30H36N2O. The van der Waals surface area contributed by atoms with Crippen LogP contribution in [0.2, 0.25) is 0 Å². The second-order valence-electron chi connectivity index (χ2n) is 10.7. The fourth-order valence-electron chi connectivity index (χ4n) is 6.14. The third-order valence-electron chi connectivity index (χ3n) is 7.58. The largest absolute Gasteiger partial charge is 0.393 e. The van der Waals surface area contributed by atoms with E-state index >= 15 is 0 Å². The Bertz CT molecular complexity index is 1020. The summed E-state index contributed by atoms with van der Waals surface area (Å²) in [5.74, 6) is 0.255. The monoisotopic (exact) mass is 440 g/mol. The van der Waals surface area contributed by atoms with Crippen molar-refractivity contribution in [3.8, 4) is 0 Å². The van der Waals surface area contributed by atoms with E-state index in [4.69, 9.17) is 0 Å². The molecule has 3 nitrogen and oxygen atoms in total. The highest BCUT2D eigenvalue weighted by Crippen LogP contribution is 2.47. The molecule has 1 aliphatic heterocycles. The zero-order chi connectivity index (χ0) is 22.8. The maximum absolute atomic E-state index is 11.3. The summed E-state index contributed by atoms with van der Waals surface area (Å²) in [5, 5.41) is 11.3. The van der Waals surface area contributed by atoms with Crippen LogP contribution in [0.4, 0.5) is 0 Å². The van der Waals surface area contributed by atoms with Gasteiger partial charge in [0.25, 0.3) is 0 Å². The first-order chi connectivity index (χ1) is 16.0. The summed E-state index contributed by atoms with van der Waals surface area (Å²) >= 11 is 0. The molecule has 4 atom stereocenters. The molecule has 0 bridgehead atoms. The molecule has 0 amide bonds. The Labute approximate surface area is 198 Å². The molecule has 0 aromatic heterocycles. The SMILES string of the molecule is CC1(C)CC(O)C2CN(Cc3ccccc3)C(c3ccccc3)N(Cc3ccccc3)C2C1. The van der Waals surface area contributed by atoms with Gasteiger partial charge in [-0.1, -0.05) is 105 Å². The molecule has 2 fully saturated rings. The van der Waals surface area contributed by atoms with Gasteiger partial charge in [0.05, 0.1) is 12.3 Å². The number of hydrogen-bond acceptors (Lipinski definition) is 3. The molecule has 3 aromatic carbocycles. The molecule has 4 unspecified atom stereocenters. The first-order valence-electron chi connectivity index (χ1n) is 12.3. The zero-order valence-electron chi connectivity index (χ0n) is 19.8. The lowest BCUT2D eigenvalue weighted by Crippen LogP contribution is -2.62. The third-order valence-corrected chi connectivity index (χ3v) is 7.58. The van der Waals surface area contributed by atoms with E-state index in [2.05, 4.69) is 115 Å². The minimum absolute atomic E-state index is 0.137. The van der Waals surface area contributed by atoms with E-state index in [1.807, 2.05) is 0 Å². The second kappa shape index (κ2) is 9.42. The summed E-state index contributed by atoms with van der Waals surface area (Å²) in [6.07, 6.45) is 1.90. The molecule has 2 aliphatic rings. The van der Waals surface area contributed by atoms with Crippen molar-refractivity contribution in [2.24, 2.45) is 11.3 Å². The number of hydrogen-bond donors (Lipinski definition) is 1. The van der Waals surface area contributed by atoms with Crippen molar-refractivity contribution >= 4 is 0 Å². The normalized spacial score (nSPS) is 27.7. The van der Waals surface area contributed by atoms with Crippen molar-refractivity contribution < 1.29 is 5.11 Å². The quantitative estimate of drug-likeness (QED) is 0.538.